The molecular weight excluding hydrogens is 390 g/mol. The molecule has 3 aromatic heterocycles. The Labute approximate surface area is 182 Å². The quantitative estimate of drug-likeness (QED) is 0.706. The lowest BCUT2D eigenvalue weighted by Gasteiger charge is -2.40. The second-order valence-electron chi connectivity index (χ2n) is 8.86. The van der Waals surface area contributed by atoms with Crippen molar-refractivity contribution in [2.24, 2.45) is 14.1 Å². The average Bonchev–Trinajstić information content (AvgIpc) is 3.41. The van der Waals surface area contributed by atoms with E-state index in [4.69, 9.17) is 4.98 Å². The second kappa shape index (κ2) is 8.34. The lowest BCUT2D eigenvalue weighted by atomic mass is 9.91. The Hall–Kier alpha value is -2.87. The van der Waals surface area contributed by atoms with Gasteiger partial charge in [0.1, 0.15) is 0 Å². The Bertz CT molecular complexity index is 1060. The third-order valence-electron chi connectivity index (χ3n) is 6.80. The van der Waals surface area contributed by atoms with Gasteiger partial charge in [0, 0.05) is 57.7 Å². The number of hydrogen-bond donors (Lipinski definition) is 1. The van der Waals surface area contributed by atoms with E-state index < -0.39 is 0 Å². The van der Waals surface area contributed by atoms with Crippen LogP contribution >= 0.6 is 0 Å². The zero-order chi connectivity index (χ0) is 21.4. The molecule has 0 unspecified atom stereocenters. The Morgan fingerprint density at radius 1 is 1.19 bits per heavy atom. The summed E-state index contributed by atoms with van der Waals surface area (Å²) >= 11 is 0. The van der Waals surface area contributed by atoms with Gasteiger partial charge in [-0.25, -0.2) is 9.78 Å². The molecule has 2 fully saturated rings. The van der Waals surface area contributed by atoms with Gasteiger partial charge in [-0.05, 0) is 55.8 Å². The highest BCUT2D eigenvalue weighted by atomic mass is 16.2. The normalized spacial score (nSPS) is 20.3. The molecule has 3 aromatic rings. The van der Waals surface area contributed by atoms with Gasteiger partial charge in [-0.2, -0.15) is 5.10 Å². The van der Waals surface area contributed by atoms with Gasteiger partial charge >= 0.3 is 6.03 Å². The van der Waals surface area contributed by atoms with Crippen molar-refractivity contribution in [3.63, 3.8) is 0 Å². The van der Waals surface area contributed by atoms with Gasteiger partial charge in [0.25, 0.3) is 0 Å². The number of piperidine rings is 2. The van der Waals surface area contributed by atoms with Crippen LogP contribution in [0.15, 0.2) is 36.9 Å². The molecule has 0 bridgehead atoms. The van der Waals surface area contributed by atoms with Gasteiger partial charge in [-0.3, -0.25) is 9.58 Å². The lowest BCUT2D eigenvalue weighted by Crippen LogP contribution is -2.55. The molecule has 2 aliphatic heterocycles. The number of amides is 2. The van der Waals surface area contributed by atoms with E-state index in [2.05, 4.69) is 27.2 Å². The molecule has 8 nitrogen and oxygen atoms in total. The predicted molar refractivity (Wildman–Crippen MR) is 121 cm³/mol. The Morgan fingerprint density at radius 3 is 2.74 bits per heavy atom. The smallest absolute Gasteiger partial charge is 0.326 e. The van der Waals surface area contributed by atoms with E-state index in [0.29, 0.717) is 5.92 Å². The molecule has 5 heterocycles. The van der Waals surface area contributed by atoms with Gasteiger partial charge in [-0.1, -0.05) is 0 Å². The zero-order valence-corrected chi connectivity index (χ0v) is 18.4. The largest absolute Gasteiger partial charge is 0.348 e. The molecule has 5 rings (SSSR count). The van der Waals surface area contributed by atoms with Crippen LogP contribution in [0.25, 0.3) is 10.9 Å². The number of pyridine rings is 1. The van der Waals surface area contributed by atoms with Crippen molar-refractivity contribution in [2.75, 3.05) is 31.1 Å². The topological polar surface area (TPSA) is 71.2 Å². The maximum atomic E-state index is 13.9. The summed E-state index contributed by atoms with van der Waals surface area (Å²) in [6, 6.07) is 4.30. The van der Waals surface area contributed by atoms with Crippen LogP contribution in [0.4, 0.5) is 10.6 Å². The SMILES string of the molecule is Cn1cc(C2CCN(C(=O)N(c3nccc4ccn(C)c34)[C@@H]3CCCNC3)CC2)cn1. The second-order valence-corrected chi connectivity index (χ2v) is 8.86. The summed E-state index contributed by atoms with van der Waals surface area (Å²) in [6.45, 7) is 3.34. The molecule has 0 aliphatic carbocycles. The van der Waals surface area contributed by atoms with E-state index in [-0.39, 0.29) is 12.1 Å². The van der Waals surface area contributed by atoms with E-state index >= 15 is 0 Å². The summed E-state index contributed by atoms with van der Waals surface area (Å²) in [4.78, 5) is 22.6. The van der Waals surface area contributed by atoms with E-state index in [1.807, 2.05) is 53.2 Å². The minimum absolute atomic E-state index is 0.0829. The highest BCUT2D eigenvalue weighted by Crippen LogP contribution is 2.32. The van der Waals surface area contributed by atoms with Crippen molar-refractivity contribution in [3.05, 3.63) is 42.5 Å². The van der Waals surface area contributed by atoms with E-state index in [1.54, 1.807) is 0 Å². The summed E-state index contributed by atoms with van der Waals surface area (Å²) < 4.78 is 3.93. The number of aryl methyl sites for hydroxylation is 2. The molecule has 31 heavy (non-hydrogen) atoms. The molecule has 0 spiro atoms. The van der Waals surface area contributed by atoms with E-state index in [1.165, 1.54) is 5.56 Å². The van der Waals surface area contributed by atoms with E-state index in [9.17, 15) is 4.79 Å². The third kappa shape index (κ3) is 3.80. The first kappa shape index (κ1) is 20.1. The van der Waals surface area contributed by atoms with Gasteiger partial charge in [-0.15, -0.1) is 0 Å². The number of fused-ring (bicyclic) bond motifs is 1. The van der Waals surface area contributed by atoms with Crippen molar-refractivity contribution in [1.29, 1.82) is 0 Å². The summed E-state index contributed by atoms with van der Waals surface area (Å²) in [5.74, 6) is 1.25. The molecule has 2 amide bonds. The van der Waals surface area contributed by atoms with Crippen LogP contribution in [-0.2, 0) is 14.1 Å². The highest BCUT2D eigenvalue weighted by Gasteiger charge is 2.34. The van der Waals surface area contributed by atoms with Crippen LogP contribution in [0, 0.1) is 0 Å². The molecular formula is C23H31N7O. The van der Waals surface area contributed by atoms with Gasteiger partial charge in [0.2, 0.25) is 0 Å². The molecule has 1 N–H and O–H groups in total. The molecule has 8 heteroatoms. The highest BCUT2D eigenvalue weighted by molar-refractivity contribution is 6.00. The number of likely N-dealkylation sites (tertiary alicyclic amines) is 1. The first-order valence-electron chi connectivity index (χ1n) is 11.3. The summed E-state index contributed by atoms with van der Waals surface area (Å²) in [5.41, 5.74) is 2.30. The molecule has 1 atom stereocenters. The number of carbonyl (C=O) groups excluding carboxylic acids is 1. The number of rotatable bonds is 3. The average molecular weight is 422 g/mol. The molecule has 2 aliphatic rings. The Morgan fingerprint density at radius 2 is 2.03 bits per heavy atom. The Kier molecular flexibility index (Phi) is 5.40. The predicted octanol–water partition coefficient (Wildman–Crippen LogP) is 2.86. The van der Waals surface area contributed by atoms with Crippen LogP contribution in [-0.4, -0.2) is 62.5 Å². The molecule has 0 saturated carbocycles. The summed E-state index contributed by atoms with van der Waals surface area (Å²) in [6.07, 6.45) is 11.9. The van der Waals surface area contributed by atoms with Crippen molar-refractivity contribution in [1.82, 2.24) is 29.5 Å². The molecule has 0 aromatic carbocycles. The standard InChI is InChI=1S/C23H31N7O/c1-27-11-6-18-5-10-25-22(21(18)27)30(20-4-3-9-24-15-20)23(31)29-12-7-17(8-13-29)19-14-26-28(2)16-19/h5-6,10-11,14,16-17,20,24H,3-4,7-9,12-13,15H2,1-2H3/t20-/m1/s1. The van der Waals surface area contributed by atoms with Crippen molar-refractivity contribution in [3.8, 4) is 0 Å². The maximum Gasteiger partial charge on any atom is 0.326 e. The number of urea groups is 1. The first-order chi connectivity index (χ1) is 15.1. The fourth-order valence-corrected chi connectivity index (χ4v) is 5.08. The van der Waals surface area contributed by atoms with Crippen molar-refractivity contribution in [2.45, 2.75) is 37.6 Å². The van der Waals surface area contributed by atoms with Crippen molar-refractivity contribution >= 4 is 22.8 Å². The number of aromatic nitrogens is 4. The third-order valence-corrected chi connectivity index (χ3v) is 6.80. The molecule has 164 valence electrons. The molecule has 2 saturated heterocycles. The number of anilines is 1. The lowest BCUT2D eigenvalue weighted by molar-refractivity contribution is 0.183. The fraction of sp³-hybridized carbons (Fsp3) is 0.522. The molecule has 0 radical (unpaired) electrons. The van der Waals surface area contributed by atoms with Crippen LogP contribution in [0.3, 0.4) is 0 Å². The van der Waals surface area contributed by atoms with E-state index in [0.717, 1.165) is 68.6 Å². The number of carbonyl (C=O) groups is 1. The van der Waals surface area contributed by atoms with Gasteiger partial charge < -0.3 is 14.8 Å². The minimum atomic E-state index is 0.0829. The Balaban J connectivity index is 1.42. The number of nitrogens with zero attached hydrogens (tertiary/aromatic N) is 6. The van der Waals surface area contributed by atoms with Gasteiger partial charge in [0.05, 0.1) is 17.8 Å². The van der Waals surface area contributed by atoms with Crippen LogP contribution in [0.2, 0.25) is 0 Å². The minimum Gasteiger partial charge on any atom is -0.348 e. The van der Waals surface area contributed by atoms with Gasteiger partial charge in [0.15, 0.2) is 5.82 Å². The first-order valence-corrected chi connectivity index (χ1v) is 11.3. The zero-order valence-electron chi connectivity index (χ0n) is 18.4. The summed E-state index contributed by atoms with van der Waals surface area (Å²) in [5, 5.41) is 8.91. The maximum absolute atomic E-state index is 13.9. The van der Waals surface area contributed by atoms with Crippen molar-refractivity contribution < 1.29 is 4.79 Å². The fourth-order valence-electron chi connectivity index (χ4n) is 5.08. The number of nitrogens with one attached hydrogen (secondary N) is 1. The summed E-state index contributed by atoms with van der Waals surface area (Å²) in [7, 11) is 3.98. The van der Waals surface area contributed by atoms with Crippen LogP contribution in [0.1, 0.15) is 37.2 Å². The monoisotopic (exact) mass is 421 g/mol. The van der Waals surface area contributed by atoms with Crippen LogP contribution in [0.5, 0.6) is 0 Å². The van der Waals surface area contributed by atoms with Crippen LogP contribution < -0.4 is 10.2 Å². The number of hydrogen-bond acceptors (Lipinski definition) is 4.